The highest BCUT2D eigenvalue weighted by atomic mass is 32.2. The second kappa shape index (κ2) is 4.58. The molecule has 1 heterocycles. The molecule has 0 saturated carbocycles. The van der Waals surface area contributed by atoms with Crippen molar-refractivity contribution < 1.29 is 17.9 Å². The second-order valence-electron chi connectivity index (χ2n) is 3.98. The topological polar surface area (TPSA) is 89.7 Å². The van der Waals surface area contributed by atoms with Gasteiger partial charge < -0.3 is 15.4 Å². The number of amides is 1. The van der Waals surface area contributed by atoms with Crippen LogP contribution in [0.15, 0.2) is 23.1 Å². The first-order valence-electron chi connectivity index (χ1n) is 5.42. The van der Waals surface area contributed by atoms with Gasteiger partial charge in [0.2, 0.25) is 0 Å². The lowest BCUT2D eigenvalue weighted by Crippen LogP contribution is -2.35. The molecule has 0 atom stereocenters. The summed E-state index contributed by atoms with van der Waals surface area (Å²) in [6.07, 6.45) is 0. The fourth-order valence-corrected chi connectivity index (χ4v) is 2.83. The molecule has 7 heteroatoms. The maximum absolute atomic E-state index is 11.9. The molecular weight excluding hydrogens is 256 g/mol. The van der Waals surface area contributed by atoms with Crippen molar-refractivity contribution in [2.75, 3.05) is 30.9 Å². The summed E-state index contributed by atoms with van der Waals surface area (Å²) in [6, 6.07) is 4.46. The van der Waals surface area contributed by atoms with Gasteiger partial charge in [0.1, 0.15) is 5.75 Å². The Balaban J connectivity index is 2.47. The Hall–Kier alpha value is -1.60. The van der Waals surface area contributed by atoms with Crippen molar-refractivity contribution in [3.8, 4) is 5.75 Å². The first-order valence-corrected chi connectivity index (χ1v) is 7.07. The highest BCUT2D eigenvalue weighted by molar-refractivity contribution is 7.91. The van der Waals surface area contributed by atoms with Gasteiger partial charge in [-0.15, -0.1) is 0 Å². The summed E-state index contributed by atoms with van der Waals surface area (Å²) in [5.41, 5.74) is 5.73. The van der Waals surface area contributed by atoms with Crippen molar-refractivity contribution in [3.63, 3.8) is 0 Å². The number of carbonyl (C=O) groups excluding carboxylic acids is 1. The Kier molecular flexibility index (Phi) is 3.27. The molecule has 0 bridgehead atoms. The van der Waals surface area contributed by atoms with Crippen LogP contribution in [-0.2, 0) is 14.6 Å². The molecule has 18 heavy (non-hydrogen) atoms. The summed E-state index contributed by atoms with van der Waals surface area (Å²) in [7, 11) is -1.82. The number of fused-ring (bicyclic) bond motifs is 1. The van der Waals surface area contributed by atoms with Crippen LogP contribution < -0.4 is 15.4 Å². The number of nitrogens with two attached hydrogens (primary N) is 1. The number of likely N-dealkylation sites (N-methyl/N-ethyl adjacent to an activating group) is 1. The van der Waals surface area contributed by atoms with Crippen LogP contribution in [0.2, 0.25) is 0 Å². The maximum Gasteiger partial charge on any atom is 0.264 e. The smallest absolute Gasteiger partial charge is 0.264 e. The number of carbonyl (C=O) groups is 1. The van der Waals surface area contributed by atoms with Crippen molar-refractivity contribution >= 4 is 21.4 Å². The van der Waals surface area contributed by atoms with Gasteiger partial charge in [0.15, 0.2) is 16.4 Å². The van der Waals surface area contributed by atoms with Gasteiger partial charge in [-0.1, -0.05) is 0 Å². The molecule has 0 radical (unpaired) electrons. The van der Waals surface area contributed by atoms with E-state index in [0.29, 0.717) is 11.4 Å². The van der Waals surface area contributed by atoms with Crippen molar-refractivity contribution in [2.45, 2.75) is 4.90 Å². The fraction of sp³-hybridized carbons (Fsp3) is 0.364. The standard InChI is InChI=1S/C11H14N2O4S/c1-13-9-6-8(18(15,16)5-4-12)2-3-10(9)17-7-11(13)14/h2-3,6H,4-5,7,12H2,1H3. The molecule has 2 N–H and O–H groups in total. The summed E-state index contributed by atoms with van der Waals surface area (Å²) < 4.78 is 29.0. The predicted octanol–water partition coefficient (Wildman–Crippen LogP) is -0.226. The number of hydrogen-bond acceptors (Lipinski definition) is 5. The minimum Gasteiger partial charge on any atom is -0.482 e. The monoisotopic (exact) mass is 270 g/mol. The van der Waals surface area contributed by atoms with Crippen molar-refractivity contribution in [1.29, 1.82) is 0 Å². The van der Waals surface area contributed by atoms with E-state index in [0.717, 1.165) is 0 Å². The zero-order chi connectivity index (χ0) is 13.3. The number of ether oxygens (including phenoxy) is 1. The van der Waals surface area contributed by atoms with Gasteiger partial charge in [-0.25, -0.2) is 8.42 Å². The predicted molar refractivity (Wildman–Crippen MR) is 66.5 cm³/mol. The van der Waals surface area contributed by atoms with Crippen LogP contribution >= 0.6 is 0 Å². The van der Waals surface area contributed by atoms with E-state index in [-0.39, 0.29) is 29.7 Å². The first-order chi connectivity index (χ1) is 8.45. The molecule has 0 aromatic heterocycles. The maximum atomic E-state index is 11.9. The highest BCUT2D eigenvalue weighted by Gasteiger charge is 2.24. The van der Waals surface area contributed by atoms with Crippen LogP contribution in [0.3, 0.4) is 0 Å². The van der Waals surface area contributed by atoms with Crippen LogP contribution in [0.1, 0.15) is 0 Å². The average molecular weight is 270 g/mol. The Morgan fingerprint density at radius 1 is 1.44 bits per heavy atom. The SMILES string of the molecule is CN1C(=O)COc2ccc(S(=O)(=O)CCN)cc21. The normalized spacial score (nSPS) is 15.2. The summed E-state index contributed by atoms with van der Waals surface area (Å²) in [4.78, 5) is 13.0. The third-order valence-corrected chi connectivity index (χ3v) is 4.51. The van der Waals surface area contributed by atoms with E-state index in [2.05, 4.69) is 0 Å². The van der Waals surface area contributed by atoms with Crippen molar-refractivity contribution in [2.24, 2.45) is 5.73 Å². The number of rotatable bonds is 3. The zero-order valence-electron chi connectivity index (χ0n) is 9.92. The number of hydrogen-bond donors (Lipinski definition) is 1. The van der Waals surface area contributed by atoms with Crippen LogP contribution in [-0.4, -0.2) is 40.3 Å². The molecule has 0 unspecified atom stereocenters. The van der Waals surface area contributed by atoms with E-state index in [1.54, 1.807) is 13.1 Å². The third kappa shape index (κ3) is 2.19. The Labute approximate surface area is 105 Å². The van der Waals surface area contributed by atoms with Crippen molar-refractivity contribution in [1.82, 2.24) is 0 Å². The fourth-order valence-electron chi connectivity index (χ4n) is 1.72. The molecule has 0 saturated heterocycles. The molecule has 6 nitrogen and oxygen atoms in total. The molecule has 98 valence electrons. The Bertz CT molecular complexity index is 583. The summed E-state index contributed by atoms with van der Waals surface area (Å²) in [5, 5.41) is 0. The summed E-state index contributed by atoms with van der Waals surface area (Å²) in [6.45, 7) is 0.0308. The number of anilines is 1. The number of sulfone groups is 1. The van der Waals surface area contributed by atoms with Crippen LogP contribution in [0.25, 0.3) is 0 Å². The molecule has 1 aliphatic heterocycles. The highest BCUT2D eigenvalue weighted by Crippen LogP contribution is 2.33. The van der Waals surface area contributed by atoms with Gasteiger partial charge in [-0.2, -0.15) is 0 Å². The first kappa shape index (κ1) is 12.8. The number of nitrogens with zero attached hydrogens (tertiary/aromatic N) is 1. The van der Waals surface area contributed by atoms with E-state index in [1.165, 1.54) is 17.0 Å². The van der Waals surface area contributed by atoms with E-state index in [9.17, 15) is 13.2 Å². The third-order valence-electron chi connectivity index (χ3n) is 2.76. The molecule has 0 aliphatic carbocycles. The van der Waals surface area contributed by atoms with Gasteiger partial charge in [0, 0.05) is 13.6 Å². The molecule has 1 aromatic carbocycles. The molecular formula is C11H14N2O4S. The van der Waals surface area contributed by atoms with E-state index in [1.807, 2.05) is 0 Å². The minimum atomic E-state index is -3.40. The van der Waals surface area contributed by atoms with Gasteiger partial charge in [0.05, 0.1) is 16.3 Å². The zero-order valence-corrected chi connectivity index (χ0v) is 10.7. The van der Waals surface area contributed by atoms with Crippen LogP contribution in [0.5, 0.6) is 5.75 Å². The van der Waals surface area contributed by atoms with E-state index < -0.39 is 9.84 Å². The molecule has 1 aliphatic rings. The lowest BCUT2D eigenvalue weighted by molar-refractivity contribution is -0.120. The van der Waals surface area contributed by atoms with Gasteiger partial charge in [-0.05, 0) is 18.2 Å². The van der Waals surface area contributed by atoms with E-state index in [4.69, 9.17) is 10.5 Å². The van der Waals surface area contributed by atoms with Crippen molar-refractivity contribution in [3.05, 3.63) is 18.2 Å². The molecule has 2 rings (SSSR count). The van der Waals surface area contributed by atoms with E-state index >= 15 is 0 Å². The quantitative estimate of drug-likeness (QED) is 0.819. The molecule has 1 aromatic rings. The molecule has 0 spiro atoms. The summed E-state index contributed by atoms with van der Waals surface area (Å²) in [5.74, 6) is 0.171. The largest absolute Gasteiger partial charge is 0.482 e. The van der Waals surface area contributed by atoms with Gasteiger partial charge in [-0.3, -0.25) is 4.79 Å². The minimum absolute atomic E-state index is 0.0294. The van der Waals surface area contributed by atoms with Gasteiger partial charge in [0.25, 0.3) is 5.91 Å². The van der Waals surface area contributed by atoms with Crippen LogP contribution in [0.4, 0.5) is 5.69 Å². The average Bonchev–Trinajstić information content (AvgIpc) is 2.33. The number of benzene rings is 1. The Morgan fingerprint density at radius 3 is 2.83 bits per heavy atom. The van der Waals surface area contributed by atoms with Gasteiger partial charge >= 0.3 is 0 Å². The summed E-state index contributed by atoms with van der Waals surface area (Å²) >= 11 is 0. The molecule has 1 amide bonds. The Morgan fingerprint density at radius 2 is 2.17 bits per heavy atom. The lowest BCUT2D eigenvalue weighted by atomic mass is 10.2. The lowest BCUT2D eigenvalue weighted by Gasteiger charge is -2.26. The van der Waals surface area contributed by atoms with Crippen LogP contribution in [0, 0.1) is 0 Å². The second-order valence-corrected chi connectivity index (χ2v) is 6.09. The molecule has 0 fully saturated rings.